The van der Waals surface area contributed by atoms with Gasteiger partial charge in [-0.1, -0.05) is 78.9 Å². The number of anilines is 3. The Morgan fingerprint density at radius 3 is 2.38 bits per heavy atom. The molecule has 1 N–H and O–H groups in total. The van der Waals surface area contributed by atoms with E-state index in [2.05, 4.69) is 42.5 Å². The van der Waals surface area contributed by atoms with E-state index >= 15 is 4.79 Å². The lowest BCUT2D eigenvalue weighted by molar-refractivity contribution is -0.146. The minimum absolute atomic E-state index is 0.00112. The molecule has 4 heterocycles. The van der Waals surface area contributed by atoms with E-state index in [1.54, 1.807) is 23.8 Å². The number of fused-ring (bicyclic) bond motifs is 2. The molecule has 0 unspecified atom stereocenters. The lowest BCUT2D eigenvalue weighted by Crippen LogP contribution is -2.51. The first-order valence-corrected chi connectivity index (χ1v) is 22.9. The zero-order chi connectivity index (χ0) is 40.3. The van der Waals surface area contributed by atoms with Crippen LogP contribution in [-0.4, -0.2) is 66.9 Å². The normalized spacial score (nSPS) is 21.1. The van der Waals surface area contributed by atoms with Crippen molar-refractivity contribution in [2.24, 2.45) is 5.92 Å². The molecule has 0 bridgehead atoms. The SMILES string of the molecule is COc1ccc([Si](C)(C)[C@H]2[C@H](CCn3cc(CCO)nn3)O[C@@]3(C(=O)N(Cc4cccc(N5C(=O)c6cccc7cccc5c67)c4)c4ccc(OC)cc43)[C@@H]2C)cc1. The van der Waals surface area contributed by atoms with E-state index < -0.39 is 13.7 Å². The van der Waals surface area contributed by atoms with Crippen LogP contribution < -0.4 is 24.5 Å². The molecule has 0 radical (unpaired) electrons. The quantitative estimate of drug-likeness (QED) is 0.130. The highest BCUT2D eigenvalue weighted by molar-refractivity contribution is 6.91. The molecule has 3 aliphatic rings. The summed E-state index contributed by atoms with van der Waals surface area (Å²) in [6.07, 6.45) is 2.63. The summed E-state index contributed by atoms with van der Waals surface area (Å²) in [6.45, 7) is 7.74. The summed E-state index contributed by atoms with van der Waals surface area (Å²) < 4.78 is 20.5. The molecule has 5 aromatic carbocycles. The number of ether oxygens (including phenoxy) is 3. The minimum Gasteiger partial charge on any atom is -0.497 e. The van der Waals surface area contributed by atoms with Crippen molar-refractivity contribution in [1.82, 2.24) is 15.0 Å². The summed E-state index contributed by atoms with van der Waals surface area (Å²) >= 11 is 0. The van der Waals surface area contributed by atoms with Gasteiger partial charge in [-0.25, -0.2) is 0 Å². The summed E-state index contributed by atoms with van der Waals surface area (Å²) in [4.78, 5) is 33.0. The summed E-state index contributed by atoms with van der Waals surface area (Å²) in [7, 11) is 0.921. The van der Waals surface area contributed by atoms with Gasteiger partial charge in [-0.15, -0.1) is 5.10 Å². The molecule has 296 valence electrons. The van der Waals surface area contributed by atoms with Crippen LogP contribution in [0.2, 0.25) is 18.6 Å². The molecule has 12 heteroatoms. The van der Waals surface area contributed by atoms with E-state index in [0.717, 1.165) is 50.4 Å². The standard InChI is InChI=1S/C46H47N5O6Si/c1-29-43(58(4,5)36-18-15-34(55-2)16-19-36)41(21-23-49-28-32(22-24-52)47-48-49)57-46(29)38-26-35(56-3)17-20-39(38)50(45(46)54)27-30-9-6-12-33(25-30)51-40-14-8-11-31-10-7-13-37(42(31)40)44(51)53/h6-20,25-26,28-29,41,43,52H,21-24,27H2,1-5H3/t29-,41+,43-,46+/m1/s1. The Balaban J connectivity index is 1.09. The summed E-state index contributed by atoms with van der Waals surface area (Å²) in [5.74, 6) is 1.06. The van der Waals surface area contributed by atoms with Gasteiger partial charge >= 0.3 is 0 Å². The Kier molecular flexibility index (Phi) is 9.45. The number of nitrogens with zero attached hydrogens (tertiary/aromatic N) is 5. The number of aromatic nitrogens is 3. The summed E-state index contributed by atoms with van der Waals surface area (Å²) in [5.41, 5.74) is 4.23. The van der Waals surface area contributed by atoms with Crippen molar-refractivity contribution in [3.63, 3.8) is 0 Å². The van der Waals surface area contributed by atoms with Gasteiger partial charge in [-0.3, -0.25) is 19.2 Å². The Hall–Kier alpha value is -5.82. The van der Waals surface area contributed by atoms with Gasteiger partial charge in [0.1, 0.15) is 11.5 Å². The van der Waals surface area contributed by atoms with Gasteiger partial charge in [-0.2, -0.15) is 0 Å². The lowest BCUT2D eigenvalue weighted by Gasteiger charge is -2.37. The van der Waals surface area contributed by atoms with Crippen molar-refractivity contribution in [3.05, 3.63) is 132 Å². The Labute approximate surface area is 338 Å². The van der Waals surface area contributed by atoms with Crippen LogP contribution in [0.25, 0.3) is 10.8 Å². The zero-order valence-corrected chi connectivity index (χ0v) is 34.4. The third-order valence-electron chi connectivity index (χ3n) is 12.7. The summed E-state index contributed by atoms with van der Waals surface area (Å²) in [6, 6.07) is 33.9. The number of aliphatic hydroxyl groups is 1. The molecule has 0 saturated carbocycles. The zero-order valence-electron chi connectivity index (χ0n) is 33.4. The fourth-order valence-electron chi connectivity index (χ4n) is 9.93. The predicted octanol–water partition coefficient (Wildman–Crippen LogP) is 7.13. The Morgan fingerprint density at radius 2 is 1.62 bits per heavy atom. The predicted molar refractivity (Wildman–Crippen MR) is 226 cm³/mol. The van der Waals surface area contributed by atoms with Gasteiger partial charge in [0.2, 0.25) is 0 Å². The van der Waals surface area contributed by atoms with Crippen LogP contribution in [-0.2, 0) is 34.6 Å². The highest BCUT2D eigenvalue weighted by Crippen LogP contribution is 2.60. The van der Waals surface area contributed by atoms with Crippen LogP contribution >= 0.6 is 0 Å². The molecule has 58 heavy (non-hydrogen) atoms. The van der Waals surface area contributed by atoms with Gasteiger partial charge in [0.05, 0.1) is 57.6 Å². The molecule has 1 saturated heterocycles. The second kappa shape index (κ2) is 14.5. The fourth-order valence-corrected chi connectivity index (χ4v) is 14.0. The number of carbonyl (C=O) groups is 2. The molecule has 2 amide bonds. The molecule has 1 spiro atoms. The van der Waals surface area contributed by atoms with Crippen molar-refractivity contribution in [3.8, 4) is 11.5 Å². The maximum Gasteiger partial charge on any atom is 0.264 e. The number of carbonyl (C=O) groups excluding carboxylic acids is 2. The lowest BCUT2D eigenvalue weighted by atomic mass is 9.82. The van der Waals surface area contributed by atoms with Crippen molar-refractivity contribution < 1.29 is 28.9 Å². The van der Waals surface area contributed by atoms with Crippen LogP contribution in [0, 0.1) is 5.92 Å². The maximum absolute atomic E-state index is 15.5. The van der Waals surface area contributed by atoms with Crippen molar-refractivity contribution >= 4 is 52.9 Å². The van der Waals surface area contributed by atoms with E-state index in [-0.39, 0.29) is 42.5 Å². The average molecular weight is 794 g/mol. The smallest absolute Gasteiger partial charge is 0.264 e. The van der Waals surface area contributed by atoms with E-state index in [9.17, 15) is 9.90 Å². The largest absolute Gasteiger partial charge is 0.497 e. The maximum atomic E-state index is 15.5. The number of methoxy groups -OCH3 is 2. The topological polar surface area (TPSA) is 119 Å². The summed E-state index contributed by atoms with van der Waals surface area (Å²) in [5, 5.41) is 21.3. The molecule has 11 nitrogen and oxygen atoms in total. The second-order valence-corrected chi connectivity index (χ2v) is 20.8. The number of rotatable bonds is 12. The number of hydrogen-bond donors (Lipinski definition) is 1. The molecular weight excluding hydrogens is 747 g/mol. The number of benzene rings is 5. The van der Waals surface area contributed by atoms with Crippen LogP contribution in [0.5, 0.6) is 11.5 Å². The van der Waals surface area contributed by atoms with Crippen molar-refractivity contribution in [2.75, 3.05) is 30.6 Å². The van der Waals surface area contributed by atoms with E-state index in [1.165, 1.54) is 5.19 Å². The average Bonchev–Trinajstić information content (AvgIpc) is 3.96. The third kappa shape index (κ3) is 5.92. The van der Waals surface area contributed by atoms with E-state index in [0.29, 0.717) is 30.7 Å². The van der Waals surface area contributed by atoms with Crippen molar-refractivity contribution in [1.29, 1.82) is 0 Å². The van der Waals surface area contributed by atoms with Gasteiger partial charge < -0.3 is 24.2 Å². The van der Waals surface area contributed by atoms with Gasteiger partial charge in [0, 0.05) is 48.3 Å². The first-order chi connectivity index (χ1) is 28.1. The van der Waals surface area contributed by atoms with Gasteiger partial charge in [0.25, 0.3) is 11.8 Å². The molecule has 4 atom stereocenters. The molecule has 9 rings (SSSR count). The van der Waals surface area contributed by atoms with Crippen LogP contribution in [0.1, 0.15) is 40.5 Å². The molecule has 3 aliphatic heterocycles. The monoisotopic (exact) mass is 793 g/mol. The Morgan fingerprint density at radius 1 is 0.879 bits per heavy atom. The number of aryl methyl sites for hydroxylation is 1. The molecule has 1 aromatic heterocycles. The fraction of sp³-hybridized carbons (Fsp3) is 0.304. The molecule has 0 aliphatic carbocycles. The number of amides is 2. The molecule has 1 fully saturated rings. The first kappa shape index (κ1) is 37.7. The Bertz CT molecular complexity index is 2550. The third-order valence-corrected chi connectivity index (χ3v) is 17.1. The number of hydrogen-bond acceptors (Lipinski definition) is 8. The van der Waals surface area contributed by atoms with Gasteiger partial charge in [-0.05, 0) is 77.5 Å². The first-order valence-electron chi connectivity index (χ1n) is 19.9. The van der Waals surface area contributed by atoms with Crippen LogP contribution in [0.3, 0.4) is 0 Å². The molecular formula is C46H47N5O6Si. The van der Waals surface area contributed by atoms with Gasteiger partial charge in [0.15, 0.2) is 5.60 Å². The second-order valence-electron chi connectivity index (χ2n) is 16.2. The van der Waals surface area contributed by atoms with Crippen LogP contribution in [0.15, 0.2) is 109 Å². The number of aliphatic hydroxyl groups excluding tert-OH is 1. The van der Waals surface area contributed by atoms with Crippen LogP contribution in [0.4, 0.5) is 17.1 Å². The van der Waals surface area contributed by atoms with Crippen molar-refractivity contribution in [2.45, 2.75) is 63.2 Å². The minimum atomic E-state index is -2.39. The highest BCUT2D eigenvalue weighted by Gasteiger charge is 2.66. The molecule has 6 aromatic rings. The van der Waals surface area contributed by atoms with E-state index in [1.807, 2.05) is 102 Å². The highest BCUT2D eigenvalue weighted by atomic mass is 28.3. The van der Waals surface area contributed by atoms with E-state index in [4.69, 9.17) is 14.2 Å².